The number of nitrogens with zero attached hydrogens (tertiary/aromatic N) is 1. The Morgan fingerprint density at radius 2 is 2.29 bits per heavy atom. The first-order valence-electron chi connectivity index (χ1n) is 4.84. The minimum absolute atomic E-state index is 0.347. The van der Waals surface area contributed by atoms with Crippen molar-refractivity contribution >= 4 is 0 Å². The molecule has 0 aliphatic rings. The number of hydrogen-bond donors (Lipinski definition) is 1. The van der Waals surface area contributed by atoms with Crippen molar-refractivity contribution in [1.82, 2.24) is 4.98 Å². The summed E-state index contributed by atoms with van der Waals surface area (Å²) >= 11 is 0. The van der Waals surface area contributed by atoms with E-state index >= 15 is 0 Å². The van der Waals surface area contributed by atoms with Crippen LogP contribution in [0.5, 0.6) is 0 Å². The van der Waals surface area contributed by atoms with Gasteiger partial charge in [0.2, 0.25) is 0 Å². The Balaban J connectivity index is 2.50. The third kappa shape index (κ3) is 3.85. The number of rotatable bonds is 5. The molecule has 0 amide bonds. The maximum atomic E-state index is 9.93. The van der Waals surface area contributed by atoms with Gasteiger partial charge >= 0.3 is 0 Å². The van der Waals surface area contributed by atoms with Gasteiger partial charge in [-0.05, 0) is 26.0 Å². The van der Waals surface area contributed by atoms with Crippen LogP contribution in [0.15, 0.2) is 24.4 Å². The van der Waals surface area contributed by atoms with Gasteiger partial charge in [-0.1, -0.05) is 6.07 Å². The molecule has 0 bridgehead atoms. The zero-order valence-electron chi connectivity index (χ0n) is 8.73. The molecule has 0 fully saturated rings. The van der Waals surface area contributed by atoms with Crippen molar-refractivity contribution in [2.75, 3.05) is 13.2 Å². The van der Waals surface area contributed by atoms with Crippen molar-refractivity contribution in [3.05, 3.63) is 30.1 Å². The molecule has 1 N–H and O–H groups in total. The average molecular weight is 195 g/mol. The first-order valence-corrected chi connectivity index (χ1v) is 4.84. The van der Waals surface area contributed by atoms with E-state index < -0.39 is 5.60 Å². The highest BCUT2D eigenvalue weighted by atomic mass is 16.5. The molecule has 1 aromatic heterocycles. The number of aliphatic hydroxyl groups is 1. The van der Waals surface area contributed by atoms with Crippen molar-refractivity contribution in [3.63, 3.8) is 0 Å². The Morgan fingerprint density at radius 1 is 1.50 bits per heavy atom. The van der Waals surface area contributed by atoms with E-state index in [2.05, 4.69) is 4.98 Å². The maximum absolute atomic E-state index is 9.93. The zero-order valence-corrected chi connectivity index (χ0v) is 8.73. The summed E-state index contributed by atoms with van der Waals surface area (Å²) in [5, 5.41) is 9.93. The van der Waals surface area contributed by atoms with Gasteiger partial charge in [0.15, 0.2) is 0 Å². The third-order valence-corrected chi connectivity index (χ3v) is 1.91. The largest absolute Gasteiger partial charge is 0.387 e. The van der Waals surface area contributed by atoms with E-state index in [-0.39, 0.29) is 0 Å². The molecule has 0 saturated carbocycles. The number of aromatic nitrogens is 1. The summed E-state index contributed by atoms with van der Waals surface area (Å²) in [6.45, 7) is 4.65. The highest BCUT2D eigenvalue weighted by Gasteiger charge is 2.21. The lowest BCUT2D eigenvalue weighted by Gasteiger charge is -2.22. The lowest BCUT2D eigenvalue weighted by molar-refractivity contribution is -0.0302. The van der Waals surface area contributed by atoms with Crippen LogP contribution < -0.4 is 0 Å². The van der Waals surface area contributed by atoms with Gasteiger partial charge in [0.25, 0.3) is 0 Å². The molecule has 1 aromatic rings. The molecule has 1 unspecified atom stereocenters. The molecule has 0 spiro atoms. The summed E-state index contributed by atoms with van der Waals surface area (Å²) < 4.78 is 5.19. The maximum Gasteiger partial charge on any atom is 0.0907 e. The van der Waals surface area contributed by atoms with Gasteiger partial charge in [0.05, 0.1) is 12.2 Å². The van der Waals surface area contributed by atoms with Gasteiger partial charge in [-0.3, -0.25) is 4.98 Å². The predicted octanol–water partition coefficient (Wildman–Crippen LogP) is 1.41. The molecule has 1 atom stereocenters. The van der Waals surface area contributed by atoms with E-state index in [1.165, 1.54) is 0 Å². The Morgan fingerprint density at radius 3 is 2.86 bits per heavy atom. The molecule has 3 heteroatoms. The van der Waals surface area contributed by atoms with Crippen LogP contribution in [-0.4, -0.2) is 28.9 Å². The van der Waals surface area contributed by atoms with Gasteiger partial charge < -0.3 is 9.84 Å². The summed E-state index contributed by atoms with van der Waals surface area (Å²) in [6.07, 6.45) is 2.25. The Hall–Kier alpha value is -0.930. The van der Waals surface area contributed by atoms with Crippen LogP contribution in [0.25, 0.3) is 0 Å². The van der Waals surface area contributed by atoms with Gasteiger partial charge in [0.1, 0.15) is 0 Å². The van der Waals surface area contributed by atoms with E-state index in [0.29, 0.717) is 19.6 Å². The second-order valence-corrected chi connectivity index (χ2v) is 3.63. The zero-order chi connectivity index (χ0) is 10.4. The molecular weight excluding hydrogens is 178 g/mol. The minimum atomic E-state index is -0.829. The first-order chi connectivity index (χ1) is 6.64. The summed E-state index contributed by atoms with van der Waals surface area (Å²) in [5.74, 6) is 0. The molecule has 0 saturated heterocycles. The lowest BCUT2D eigenvalue weighted by atomic mass is 10.0. The van der Waals surface area contributed by atoms with E-state index in [4.69, 9.17) is 4.74 Å². The van der Waals surface area contributed by atoms with Crippen molar-refractivity contribution in [1.29, 1.82) is 0 Å². The van der Waals surface area contributed by atoms with Gasteiger partial charge in [-0.2, -0.15) is 0 Å². The van der Waals surface area contributed by atoms with Crippen molar-refractivity contribution in [2.24, 2.45) is 0 Å². The number of hydrogen-bond acceptors (Lipinski definition) is 3. The number of pyridine rings is 1. The highest BCUT2D eigenvalue weighted by Crippen LogP contribution is 2.11. The summed E-state index contributed by atoms with van der Waals surface area (Å²) in [5.41, 5.74) is 0.0573. The van der Waals surface area contributed by atoms with Gasteiger partial charge in [0, 0.05) is 24.9 Å². The fourth-order valence-electron chi connectivity index (χ4n) is 1.27. The minimum Gasteiger partial charge on any atom is -0.387 e. The second-order valence-electron chi connectivity index (χ2n) is 3.63. The molecule has 1 rings (SSSR count). The Bertz CT molecular complexity index is 259. The van der Waals surface area contributed by atoms with Gasteiger partial charge in [-0.25, -0.2) is 0 Å². The monoisotopic (exact) mass is 195 g/mol. The second kappa shape index (κ2) is 5.08. The van der Waals surface area contributed by atoms with Crippen molar-refractivity contribution in [2.45, 2.75) is 25.9 Å². The quantitative estimate of drug-likeness (QED) is 0.772. The summed E-state index contributed by atoms with van der Waals surface area (Å²) in [6, 6.07) is 5.68. The predicted molar refractivity (Wildman–Crippen MR) is 55.1 cm³/mol. The fourth-order valence-corrected chi connectivity index (χ4v) is 1.27. The van der Waals surface area contributed by atoms with Crippen LogP contribution in [0.1, 0.15) is 19.5 Å². The SMILES string of the molecule is CCOCC(C)(O)Cc1ccccn1. The molecule has 0 aromatic carbocycles. The molecule has 78 valence electrons. The first kappa shape index (κ1) is 11.1. The van der Waals surface area contributed by atoms with Crippen molar-refractivity contribution in [3.8, 4) is 0 Å². The average Bonchev–Trinajstić information content (AvgIpc) is 2.16. The van der Waals surface area contributed by atoms with E-state index in [9.17, 15) is 5.11 Å². The van der Waals surface area contributed by atoms with Crippen molar-refractivity contribution < 1.29 is 9.84 Å². The van der Waals surface area contributed by atoms with Crippen LogP contribution in [0.2, 0.25) is 0 Å². The highest BCUT2D eigenvalue weighted by molar-refractivity contribution is 5.06. The molecule has 0 radical (unpaired) electrons. The third-order valence-electron chi connectivity index (χ3n) is 1.91. The van der Waals surface area contributed by atoms with E-state index in [1.54, 1.807) is 13.1 Å². The molecule has 3 nitrogen and oxygen atoms in total. The number of ether oxygens (including phenoxy) is 1. The molecule has 14 heavy (non-hydrogen) atoms. The van der Waals surface area contributed by atoms with Crippen LogP contribution in [0.3, 0.4) is 0 Å². The van der Waals surface area contributed by atoms with Crippen LogP contribution in [-0.2, 0) is 11.2 Å². The summed E-state index contributed by atoms with van der Waals surface area (Å²) in [7, 11) is 0. The Kier molecular flexibility index (Phi) is 4.04. The lowest BCUT2D eigenvalue weighted by Crippen LogP contribution is -2.33. The molecular formula is C11H17NO2. The Labute approximate surface area is 84.7 Å². The molecule has 0 aliphatic carbocycles. The molecule has 1 heterocycles. The molecule has 0 aliphatic heterocycles. The van der Waals surface area contributed by atoms with Crippen LogP contribution >= 0.6 is 0 Å². The standard InChI is InChI=1S/C11H17NO2/c1-3-14-9-11(2,13)8-10-6-4-5-7-12-10/h4-7,13H,3,8-9H2,1-2H3. The van der Waals surface area contributed by atoms with E-state index in [0.717, 1.165) is 5.69 Å². The van der Waals surface area contributed by atoms with Crippen LogP contribution in [0, 0.1) is 0 Å². The fraction of sp³-hybridized carbons (Fsp3) is 0.545. The topological polar surface area (TPSA) is 42.4 Å². The normalized spacial score (nSPS) is 15.1. The van der Waals surface area contributed by atoms with E-state index in [1.807, 2.05) is 25.1 Å². The van der Waals surface area contributed by atoms with Gasteiger partial charge in [-0.15, -0.1) is 0 Å². The van der Waals surface area contributed by atoms with Crippen LogP contribution in [0.4, 0.5) is 0 Å². The smallest absolute Gasteiger partial charge is 0.0907 e. The summed E-state index contributed by atoms with van der Waals surface area (Å²) in [4.78, 5) is 4.16.